The fourth-order valence-electron chi connectivity index (χ4n) is 6.59. The molecule has 0 aromatic heterocycles. The quantitative estimate of drug-likeness (QED) is 0.308. The first-order chi connectivity index (χ1) is 22.1. The number of rotatable bonds is 6. The number of primary amides is 1. The molecule has 2 aromatic rings. The minimum absolute atomic E-state index is 0.00303. The summed E-state index contributed by atoms with van der Waals surface area (Å²) in [6.07, 6.45) is -15.3. The van der Waals surface area contributed by atoms with Crippen LogP contribution in [0.5, 0.6) is 0 Å². The van der Waals surface area contributed by atoms with Crippen molar-refractivity contribution < 1.29 is 58.6 Å². The predicted molar refractivity (Wildman–Crippen MR) is 154 cm³/mol. The molecule has 1 fully saturated rings. The largest absolute Gasteiger partial charge is 0.453 e. The molecule has 48 heavy (non-hydrogen) atoms. The first-order valence-corrected chi connectivity index (χ1v) is 15.1. The number of carbonyl (C=O) groups excluding carboxylic acids is 3. The van der Waals surface area contributed by atoms with E-state index < -0.39 is 88.7 Å². The highest BCUT2D eigenvalue weighted by Crippen LogP contribution is 2.49. The fourth-order valence-corrected chi connectivity index (χ4v) is 6.59. The van der Waals surface area contributed by atoms with Gasteiger partial charge in [-0.15, -0.1) is 0 Å². The molecule has 1 aliphatic heterocycles. The molecule has 1 aliphatic carbocycles. The van der Waals surface area contributed by atoms with Crippen LogP contribution in [0.15, 0.2) is 36.4 Å². The molecule has 0 unspecified atom stereocenters. The number of halogens is 9. The summed E-state index contributed by atoms with van der Waals surface area (Å²) in [7, 11) is 0.912. The Morgan fingerprint density at radius 2 is 1.44 bits per heavy atom. The molecule has 2 aromatic carbocycles. The van der Waals surface area contributed by atoms with Crippen LogP contribution in [-0.2, 0) is 39.4 Å². The summed E-state index contributed by atoms with van der Waals surface area (Å²) in [5.41, 5.74) is -0.786. The van der Waals surface area contributed by atoms with Crippen LogP contribution in [0.3, 0.4) is 0 Å². The Kier molecular flexibility index (Phi) is 10.1. The van der Waals surface area contributed by atoms with Gasteiger partial charge in [0.1, 0.15) is 0 Å². The second-order valence-electron chi connectivity index (χ2n) is 12.5. The Bertz CT molecular complexity index is 1510. The molecule has 0 radical (unpaired) electrons. The molecule has 2 N–H and O–H groups in total. The summed E-state index contributed by atoms with van der Waals surface area (Å²) in [4.78, 5) is 41.3. The van der Waals surface area contributed by atoms with Crippen LogP contribution in [0.4, 0.5) is 50.0 Å². The van der Waals surface area contributed by atoms with E-state index in [-0.39, 0.29) is 43.0 Å². The summed E-state index contributed by atoms with van der Waals surface area (Å²) < 4.78 is 129. The summed E-state index contributed by atoms with van der Waals surface area (Å²) in [6.45, 7) is 2.48. The third-order valence-electron chi connectivity index (χ3n) is 9.32. The molecule has 2 atom stereocenters. The van der Waals surface area contributed by atoms with E-state index >= 15 is 0 Å². The molecular weight excluding hydrogens is 661 g/mol. The van der Waals surface area contributed by atoms with Gasteiger partial charge in [0.05, 0.1) is 29.8 Å². The Labute approximate surface area is 270 Å². The number of methoxy groups -OCH3 is 1. The molecule has 16 heteroatoms. The number of nitrogens with zero attached hydrogens (tertiary/aromatic N) is 2. The minimum atomic E-state index is -5.19. The molecule has 0 spiro atoms. The number of benzene rings is 2. The van der Waals surface area contributed by atoms with Crippen molar-refractivity contribution >= 4 is 23.6 Å². The van der Waals surface area contributed by atoms with Crippen LogP contribution >= 0.6 is 0 Å². The van der Waals surface area contributed by atoms with Gasteiger partial charge in [-0.3, -0.25) is 14.5 Å². The topological polar surface area (TPSA) is 92.9 Å². The van der Waals surface area contributed by atoms with Crippen molar-refractivity contribution in [2.24, 2.45) is 17.1 Å². The number of ether oxygens (including phenoxy) is 1. The second-order valence-corrected chi connectivity index (χ2v) is 12.5. The zero-order valence-electron chi connectivity index (χ0n) is 26.2. The van der Waals surface area contributed by atoms with E-state index in [9.17, 15) is 53.9 Å². The monoisotopic (exact) mass is 695 g/mol. The number of amides is 3. The minimum Gasteiger partial charge on any atom is -0.453 e. The van der Waals surface area contributed by atoms with Crippen molar-refractivity contribution in [1.29, 1.82) is 0 Å². The van der Waals surface area contributed by atoms with Crippen molar-refractivity contribution in [3.63, 3.8) is 0 Å². The van der Waals surface area contributed by atoms with Crippen LogP contribution in [0.1, 0.15) is 86.2 Å². The Morgan fingerprint density at radius 1 is 0.896 bits per heavy atom. The lowest BCUT2D eigenvalue weighted by Gasteiger charge is -2.47. The molecule has 3 amide bonds. The molecule has 1 heterocycles. The molecular formula is C32H34F9N3O4. The van der Waals surface area contributed by atoms with Crippen molar-refractivity contribution in [2.75, 3.05) is 12.0 Å². The number of anilines is 1. The zero-order valence-corrected chi connectivity index (χ0v) is 26.2. The van der Waals surface area contributed by atoms with Gasteiger partial charge >= 0.3 is 24.6 Å². The van der Waals surface area contributed by atoms with Gasteiger partial charge in [-0.05, 0) is 86.1 Å². The van der Waals surface area contributed by atoms with Crippen molar-refractivity contribution in [3.05, 3.63) is 64.2 Å². The van der Waals surface area contributed by atoms with E-state index in [0.29, 0.717) is 25.0 Å². The van der Waals surface area contributed by atoms with Gasteiger partial charge in [-0.2, -0.15) is 39.5 Å². The summed E-state index contributed by atoms with van der Waals surface area (Å²) in [5.74, 6) is -1.38. The van der Waals surface area contributed by atoms with Gasteiger partial charge in [0.25, 0.3) is 0 Å². The average molecular weight is 696 g/mol. The van der Waals surface area contributed by atoms with Crippen LogP contribution in [0.2, 0.25) is 0 Å². The SMILES string of the molecule is CC[C@@H]1C[C@H](N(Cc2cc(C(F)(F)F)cc(C(F)(F)F)c2)C(=O)OC)c2cc(C(F)(F)F)ccc2N1C(=O)C1(C)CCC(C(N)=O)CC1. The van der Waals surface area contributed by atoms with Gasteiger partial charge in [0.2, 0.25) is 11.8 Å². The lowest BCUT2D eigenvalue weighted by Crippen LogP contribution is -2.53. The summed E-state index contributed by atoms with van der Waals surface area (Å²) in [6, 6.07) is 1.22. The van der Waals surface area contributed by atoms with E-state index in [0.717, 1.165) is 30.2 Å². The third kappa shape index (κ3) is 7.51. The number of fused-ring (bicyclic) bond motifs is 1. The Morgan fingerprint density at radius 3 is 1.90 bits per heavy atom. The zero-order chi connectivity index (χ0) is 36.0. The van der Waals surface area contributed by atoms with Gasteiger partial charge in [0, 0.05) is 29.6 Å². The maximum atomic E-state index is 14.3. The van der Waals surface area contributed by atoms with E-state index in [1.165, 1.54) is 4.90 Å². The van der Waals surface area contributed by atoms with Gasteiger partial charge < -0.3 is 15.4 Å². The second kappa shape index (κ2) is 13.1. The summed E-state index contributed by atoms with van der Waals surface area (Å²) in [5, 5.41) is 0. The van der Waals surface area contributed by atoms with Crippen LogP contribution < -0.4 is 10.6 Å². The van der Waals surface area contributed by atoms with Crippen LogP contribution in [-0.4, -0.2) is 36.0 Å². The third-order valence-corrected chi connectivity index (χ3v) is 9.32. The maximum Gasteiger partial charge on any atom is 0.416 e. The molecule has 0 saturated heterocycles. The van der Waals surface area contributed by atoms with E-state index in [2.05, 4.69) is 0 Å². The Balaban J connectivity index is 1.86. The number of nitrogens with two attached hydrogens (primary N) is 1. The van der Waals surface area contributed by atoms with Crippen molar-refractivity contribution in [1.82, 2.24) is 4.90 Å². The highest BCUT2D eigenvalue weighted by atomic mass is 19.4. The lowest BCUT2D eigenvalue weighted by atomic mass is 9.70. The maximum absolute atomic E-state index is 14.3. The smallest absolute Gasteiger partial charge is 0.416 e. The normalized spacial score (nSPS) is 23.3. The predicted octanol–water partition coefficient (Wildman–Crippen LogP) is 8.25. The molecule has 1 saturated carbocycles. The standard InChI is InChI=1S/C32H34F9N3O4/c1-4-22-15-25(43(28(47)48-3)16-17-11-20(31(36,37)38)13-21(12-17)32(39,40)41)23-14-19(30(33,34)35)5-6-24(23)44(22)27(46)29(2)9-7-18(8-10-29)26(42)45/h5-6,11-14,18,22,25H,4,7-10,15-16H2,1-3H3,(H2,42,45)/t18?,22-,25+,29?/m1/s1. The van der Waals surface area contributed by atoms with Crippen molar-refractivity contribution in [2.45, 2.75) is 89.5 Å². The highest BCUT2D eigenvalue weighted by molar-refractivity contribution is 5.99. The molecule has 2 aliphatic rings. The molecule has 7 nitrogen and oxygen atoms in total. The molecule has 0 bridgehead atoms. The van der Waals surface area contributed by atoms with E-state index in [1.807, 2.05) is 0 Å². The number of carbonyl (C=O) groups is 3. The van der Waals surface area contributed by atoms with E-state index in [4.69, 9.17) is 10.5 Å². The highest BCUT2D eigenvalue weighted by Gasteiger charge is 2.48. The molecule has 4 rings (SSSR count). The van der Waals surface area contributed by atoms with Crippen LogP contribution in [0.25, 0.3) is 0 Å². The molecule has 264 valence electrons. The Hall–Kier alpha value is -3.98. The summed E-state index contributed by atoms with van der Waals surface area (Å²) >= 11 is 0. The first-order valence-electron chi connectivity index (χ1n) is 15.1. The van der Waals surface area contributed by atoms with Gasteiger partial charge in [0.15, 0.2) is 0 Å². The van der Waals surface area contributed by atoms with Gasteiger partial charge in [-0.1, -0.05) is 13.8 Å². The van der Waals surface area contributed by atoms with E-state index in [1.54, 1.807) is 13.8 Å². The van der Waals surface area contributed by atoms with Gasteiger partial charge in [-0.25, -0.2) is 4.79 Å². The van der Waals surface area contributed by atoms with Crippen molar-refractivity contribution in [3.8, 4) is 0 Å². The van der Waals surface area contributed by atoms with Crippen LogP contribution in [0, 0.1) is 11.3 Å². The number of hydrogen-bond donors (Lipinski definition) is 1. The first kappa shape index (κ1) is 36.8. The average Bonchev–Trinajstić information content (AvgIpc) is 3.00. The number of alkyl halides is 9. The lowest BCUT2D eigenvalue weighted by molar-refractivity contribution is -0.143. The number of hydrogen-bond acceptors (Lipinski definition) is 4. The fraction of sp³-hybridized carbons (Fsp3) is 0.531.